The summed E-state index contributed by atoms with van der Waals surface area (Å²) in [4.78, 5) is 11.5. The zero-order valence-corrected chi connectivity index (χ0v) is 12.8. The average Bonchev–Trinajstić information content (AvgIpc) is 2.50. The number of carbonyl (C=O) groups is 1. The molecular weight excluding hydrogens is 268 g/mol. The van der Waals surface area contributed by atoms with Crippen molar-refractivity contribution >= 4 is 12.0 Å². The van der Waals surface area contributed by atoms with E-state index in [-0.39, 0.29) is 11.7 Å². The van der Waals surface area contributed by atoms with Gasteiger partial charge in [0.1, 0.15) is 0 Å². The number of benzene rings is 1. The van der Waals surface area contributed by atoms with E-state index in [1.165, 1.54) is 24.8 Å². The fourth-order valence-electron chi connectivity index (χ4n) is 1.62. The molecular formula is C17H22O4. The number of ether oxygens (including phenoxy) is 2. The lowest BCUT2D eigenvalue weighted by Gasteiger charge is -2.03. The first-order valence-corrected chi connectivity index (χ1v) is 6.94. The third kappa shape index (κ3) is 6.17. The highest BCUT2D eigenvalue weighted by molar-refractivity contribution is 5.87. The van der Waals surface area contributed by atoms with Gasteiger partial charge in [-0.25, -0.2) is 4.79 Å². The molecule has 21 heavy (non-hydrogen) atoms. The van der Waals surface area contributed by atoms with Gasteiger partial charge in [-0.05, 0) is 43.5 Å². The van der Waals surface area contributed by atoms with Gasteiger partial charge in [0.05, 0.1) is 13.7 Å². The normalized spacial score (nSPS) is 11.7. The number of aromatic hydroxyl groups is 1. The summed E-state index contributed by atoms with van der Waals surface area (Å²) in [5, 5.41) is 9.47. The van der Waals surface area contributed by atoms with Gasteiger partial charge in [0, 0.05) is 6.08 Å². The van der Waals surface area contributed by atoms with E-state index in [4.69, 9.17) is 9.47 Å². The highest BCUT2D eigenvalue weighted by atomic mass is 16.5. The van der Waals surface area contributed by atoms with Crippen molar-refractivity contribution in [2.45, 2.75) is 26.7 Å². The molecule has 0 atom stereocenters. The van der Waals surface area contributed by atoms with E-state index in [1.807, 2.05) is 0 Å². The molecule has 0 spiro atoms. The maximum atomic E-state index is 11.5. The molecule has 0 saturated carbocycles. The van der Waals surface area contributed by atoms with E-state index in [1.54, 1.807) is 18.2 Å². The summed E-state index contributed by atoms with van der Waals surface area (Å²) >= 11 is 0. The first-order chi connectivity index (χ1) is 10.1. The van der Waals surface area contributed by atoms with Gasteiger partial charge in [-0.3, -0.25) is 0 Å². The molecule has 1 aromatic rings. The first kappa shape index (κ1) is 16.8. The molecule has 1 rings (SSSR count). The molecule has 0 aromatic heterocycles. The van der Waals surface area contributed by atoms with Crippen LogP contribution in [0.1, 0.15) is 32.3 Å². The van der Waals surface area contributed by atoms with Crippen LogP contribution in [0.5, 0.6) is 11.5 Å². The van der Waals surface area contributed by atoms with Crippen molar-refractivity contribution < 1.29 is 19.4 Å². The third-order valence-electron chi connectivity index (χ3n) is 3.03. The minimum atomic E-state index is -0.385. The van der Waals surface area contributed by atoms with E-state index >= 15 is 0 Å². The molecule has 0 amide bonds. The molecule has 4 nitrogen and oxygen atoms in total. The maximum absolute atomic E-state index is 11.5. The molecule has 0 radical (unpaired) electrons. The van der Waals surface area contributed by atoms with Crippen LogP contribution in [0.25, 0.3) is 6.08 Å². The van der Waals surface area contributed by atoms with Crippen molar-refractivity contribution in [2.75, 3.05) is 13.7 Å². The Morgan fingerprint density at radius 3 is 2.81 bits per heavy atom. The highest BCUT2D eigenvalue weighted by Crippen LogP contribution is 2.26. The minimum Gasteiger partial charge on any atom is -0.504 e. The standard InChI is InChI=1S/C17H22O4/c1-4-13(2)6-5-11-21-17(19)10-8-14-7-9-15(18)16(12-14)20-3/h6-10,12,18H,4-5,11H2,1-3H3/b10-8+,13-6+. The van der Waals surface area contributed by atoms with Crippen LogP contribution in [0.2, 0.25) is 0 Å². The summed E-state index contributed by atoms with van der Waals surface area (Å²) in [6.45, 7) is 4.52. The Morgan fingerprint density at radius 2 is 2.14 bits per heavy atom. The number of phenols is 1. The largest absolute Gasteiger partial charge is 0.504 e. The SMILES string of the molecule is CC/C(C)=C/CCOC(=O)/C=C/c1ccc(O)c(OC)c1. The molecule has 0 aliphatic heterocycles. The second kappa shape index (κ2) is 8.84. The fourth-order valence-corrected chi connectivity index (χ4v) is 1.62. The predicted molar refractivity (Wildman–Crippen MR) is 83.3 cm³/mol. The van der Waals surface area contributed by atoms with Crippen LogP contribution in [-0.4, -0.2) is 24.8 Å². The van der Waals surface area contributed by atoms with Gasteiger partial charge in [-0.15, -0.1) is 0 Å². The summed E-state index contributed by atoms with van der Waals surface area (Å²) in [7, 11) is 1.47. The van der Waals surface area contributed by atoms with Gasteiger partial charge >= 0.3 is 5.97 Å². The monoisotopic (exact) mass is 290 g/mol. The van der Waals surface area contributed by atoms with Crippen LogP contribution < -0.4 is 4.74 Å². The van der Waals surface area contributed by atoms with Crippen LogP contribution >= 0.6 is 0 Å². The van der Waals surface area contributed by atoms with E-state index in [0.29, 0.717) is 12.4 Å². The summed E-state index contributed by atoms with van der Waals surface area (Å²) in [5.41, 5.74) is 2.04. The molecule has 0 heterocycles. The lowest BCUT2D eigenvalue weighted by molar-refractivity contribution is -0.137. The molecule has 0 saturated heterocycles. The summed E-state index contributed by atoms with van der Waals surface area (Å²) < 4.78 is 10.1. The Bertz CT molecular complexity index is 530. The second-order valence-electron chi connectivity index (χ2n) is 4.62. The zero-order chi connectivity index (χ0) is 15.7. The number of allylic oxidation sites excluding steroid dienone is 1. The van der Waals surface area contributed by atoms with Crippen LogP contribution in [-0.2, 0) is 9.53 Å². The van der Waals surface area contributed by atoms with E-state index in [0.717, 1.165) is 18.4 Å². The van der Waals surface area contributed by atoms with Gasteiger partial charge in [-0.1, -0.05) is 24.6 Å². The van der Waals surface area contributed by atoms with Gasteiger partial charge in [-0.2, -0.15) is 0 Å². The number of rotatable bonds is 7. The van der Waals surface area contributed by atoms with Crippen molar-refractivity contribution in [1.82, 2.24) is 0 Å². The average molecular weight is 290 g/mol. The van der Waals surface area contributed by atoms with Crippen molar-refractivity contribution in [3.63, 3.8) is 0 Å². The fraction of sp³-hybridized carbons (Fsp3) is 0.353. The molecule has 0 aliphatic rings. The maximum Gasteiger partial charge on any atom is 0.330 e. The molecule has 4 heteroatoms. The summed E-state index contributed by atoms with van der Waals surface area (Å²) in [6, 6.07) is 4.85. The third-order valence-corrected chi connectivity index (χ3v) is 3.03. The number of esters is 1. The number of hydrogen-bond acceptors (Lipinski definition) is 4. The molecule has 1 aromatic carbocycles. The van der Waals surface area contributed by atoms with Crippen molar-refractivity contribution in [2.24, 2.45) is 0 Å². The van der Waals surface area contributed by atoms with Gasteiger partial charge in [0.2, 0.25) is 0 Å². The number of methoxy groups -OCH3 is 1. The quantitative estimate of drug-likeness (QED) is 0.360. The highest BCUT2D eigenvalue weighted by Gasteiger charge is 2.01. The Balaban J connectivity index is 2.47. The Morgan fingerprint density at radius 1 is 1.38 bits per heavy atom. The summed E-state index contributed by atoms with van der Waals surface area (Å²) in [6.07, 6.45) is 6.80. The summed E-state index contributed by atoms with van der Waals surface area (Å²) in [5.74, 6) is 0.0468. The molecule has 0 unspecified atom stereocenters. The van der Waals surface area contributed by atoms with Gasteiger partial charge < -0.3 is 14.6 Å². The number of carbonyl (C=O) groups excluding carboxylic acids is 1. The van der Waals surface area contributed by atoms with Crippen LogP contribution in [0, 0.1) is 0 Å². The van der Waals surface area contributed by atoms with Gasteiger partial charge in [0.15, 0.2) is 11.5 Å². The minimum absolute atomic E-state index is 0.0651. The number of phenolic OH excluding ortho intramolecular Hbond substituents is 1. The predicted octanol–water partition coefficient (Wildman–Crippen LogP) is 3.70. The Hall–Kier alpha value is -2.23. The lowest BCUT2D eigenvalue weighted by Crippen LogP contribution is -2.01. The van der Waals surface area contributed by atoms with E-state index in [2.05, 4.69) is 19.9 Å². The second-order valence-corrected chi connectivity index (χ2v) is 4.62. The van der Waals surface area contributed by atoms with Crippen LogP contribution in [0.15, 0.2) is 35.9 Å². The zero-order valence-electron chi connectivity index (χ0n) is 12.8. The molecule has 0 fully saturated rings. The molecule has 114 valence electrons. The van der Waals surface area contributed by atoms with Crippen molar-refractivity contribution in [3.8, 4) is 11.5 Å². The van der Waals surface area contributed by atoms with Crippen molar-refractivity contribution in [3.05, 3.63) is 41.5 Å². The smallest absolute Gasteiger partial charge is 0.330 e. The molecule has 0 aliphatic carbocycles. The lowest BCUT2D eigenvalue weighted by atomic mass is 10.2. The topological polar surface area (TPSA) is 55.8 Å². The van der Waals surface area contributed by atoms with E-state index < -0.39 is 0 Å². The van der Waals surface area contributed by atoms with Gasteiger partial charge in [0.25, 0.3) is 0 Å². The van der Waals surface area contributed by atoms with Crippen LogP contribution in [0.4, 0.5) is 0 Å². The first-order valence-electron chi connectivity index (χ1n) is 6.94. The Labute approximate surface area is 125 Å². The molecule has 1 N–H and O–H groups in total. The van der Waals surface area contributed by atoms with Crippen LogP contribution in [0.3, 0.4) is 0 Å². The van der Waals surface area contributed by atoms with Crippen molar-refractivity contribution in [1.29, 1.82) is 0 Å². The molecule has 0 bridgehead atoms. The number of hydrogen-bond donors (Lipinski definition) is 1. The Kier molecular flexibility index (Phi) is 7.09. The van der Waals surface area contributed by atoms with E-state index in [9.17, 15) is 9.90 Å².